The fourth-order valence-electron chi connectivity index (χ4n) is 1.67. The number of benzene rings is 1. The zero-order valence-electron chi connectivity index (χ0n) is 7.96. The van der Waals surface area contributed by atoms with Crippen molar-refractivity contribution in [1.82, 2.24) is 0 Å². The first-order valence-electron chi connectivity index (χ1n) is 4.83. The molecular formula is C11H16N2. The third-order valence-electron chi connectivity index (χ3n) is 2.60. The highest BCUT2D eigenvalue weighted by molar-refractivity contribution is 5.45. The maximum Gasteiger partial charge on any atom is 0.0342 e. The molecule has 13 heavy (non-hydrogen) atoms. The molecule has 3 N–H and O–H groups in total. The second-order valence-electron chi connectivity index (χ2n) is 3.94. The van der Waals surface area contributed by atoms with Crippen molar-refractivity contribution in [3.63, 3.8) is 0 Å². The Morgan fingerprint density at radius 3 is 2.38 bits per heavy atom. The van der Waals surface area contributed by atoms with Crippen LogP contribution in [0, 0.1) is 6.92 Å². The summed E-state index contributed by atoms with van der Waals surface area (Å²) in [5, 5.41) is 3.46. The van der Waals surface area contributed by atoms with Crippen LogP contribution >= 0.6 is 0 Å². The minimum atomic E-state index is 0.419. The van der Waals surface area contributed by atoms with Crippen LogP contribution in [0.3, 0.4) is 0 Å². The number of nitrogens with two attached hydrogens (primary N) is 1. The number of anilines is 1. The maximum atomic E-state index is 5.71. The van der Waals surface area contributed by atoms with E-state index >= 15 is 0 Å². The fourth-order valence-corrected chi connectivity index (χ4v) is 1.67. The third kappa shape index (κ3) is 2.01. The summed E-state index contributed by atoms with van der Waals surface area (Å²) in [4.78, 5) is 0. The van der Waals surface area contributed by atoms with Gasteiger partial charge in [-0.1, -0.05) is 17.7 Å². The van der Waals surface area contributed by atoms with Gasteiger partial charge in [-0.3, -0.25) is 0 Å². The maximum absolute atomic E-state index is 5.71. The molecular weight excluding hydrogens is 160 g/mol. The zero-order chi connectivity index (χ0) is 9.26. The summed E-state index contributed by atoms with van der Waals surface area (Å²) < 4.78 is 0. The molecule has 0 atom stereocenters. The van der Waals surface area contributed by atoms with Crippen molar-refractivity contribution in [2.24, 2.45) is 5.73 Å². The van der Waals surface area contributed by atoms with Crippen molar-refractivity contribution in [3.05, 3.63) is 29.8 Å². The molecule has 2 nitrogen and oxygen atoms in total. The van der Waals surface area contributed by atoms with E-state index in [2.05, 4.69) is 36.5 Å². The van der Waals surface area contributed by atoms with Crippen molar-refractivity contribution < 1.29 is 0 Å². The van der Waals surface area contributed by atoms with Gasteiger partial charge in [-0.05, 0) is 31.9 Å². The van der Waals surface area contributed by atoms with Gasteiger partial charge >= 0.3 is 0 Å². The lowest BCUT2D eigenvalue weighted by molar-refractivity contribution is 0.373. The lowest BCUT2D eigenvalue weighted by Crippen LogP contribution is -2.44. The van der Waals surface area contributed by atoms with Crippen molar-refractivity contribution in [1.29, 1.82) is 0 Å². The SMILES string of the molecule is Cc1ccc(NC2CC(N)C2)cc1. The highest BCUT2D eigenvalue weighted by Gasteiger charge is 2.25. The molecule has 2 rings (SSSR count). The monoisotopic (exact) mass is 176 g/mol. The molecule has 0 spiro atoms. The minimum Gasteiger partial charge on any atom is -0.382 e. The predicted octanol–water partition coefficient (Wildman–Crippen LogP) is 1.90. The average Bonchev–Trinajstić information content (AvgIpc) is 2.06. The molecule has 1 aliphatic rings. The summed E-state index contributed by atoms with van der Waals surface area (Å²) in [5.74, 6) is 0. The summed E-state index contributed by atoms with van der Waals surface area (Å²) in [6.45, 7) is 2.10. The van der Waals surface area contributed by atoms with Crippen LogP contribution in [0.15, 0.2) is 24.3 Å². The van der Waals surface area contributed by atoms with Gasteiger partial charge in [0.25, 0.3) is 0 Å². The van der Waals surface area contributed by atoms with E-state index in [0.29, 0.717) is 12.1 Å². The largest absolute Gasteiger partial charge is 0.382 e. The predicted molar refractivity (Wildman–Crippen MR) is 55.8 cm³/mol. The Bertz CT molecular complexity index is 273. The molecule has 1 fully saturated rings. The highest BCUT2D eigenvalue weighted by Crippen LogP contribution is 2.22. The molecule has 0 amide bonds. The van der Waals surface area contributed by atoms with Crippen LogP contribution < -0.4 is 11.1 Å². The van der Waals surface area contributed by atoms with E-state index in [9.17, 15) is 0 Å². The first-order chi connectivity index (χ1) is 6.24. The number of hydrogen-bond acceptors (Lipinski definition) is 2. The van der Waals surface area contributed by atoms with Crippen molar-refractivity contribution in [2.45, 2.75) is 31.8 Å². The Kier molecular flexibility index (Phi) is 2.23. The molecule has 1 aromatic carbocycles. The molecule has 0 unspecified atom stereocenters. The normalized spacial score (nSPS) is 26.6. The summed E-state index contributed by atoms with van der Waals surface area (Å²) in [6, 6.07) is 9.51. The van der Waals surface area contributed by atoms with Crippen LogP contribution in [-0.4, -0.2) is 12.1 Å². The van der Waals surface area contributed by atoms with Crippen LogP contribution in [0.1, 0.15) is 18.4 Å². The Balaban J connectivity index is 1.91. The quantitative estimate of drug-likeness (QED) is 0.722. The Morgan fingerprint density at radius 2 is 1.85 bits per heavy atom. The van der Waals surface area contributed by atoms with E-state index in [1.807, 2.05) is 0 Å². The van der Waals surface area contributed by atoms with Gasteiger partial charge in [0.15, 0.2) is 0 Å². The molecule has 2 heteroatoms. The van der Waals surface area contributed by atoms with Gasteiger partial charge in [0.1, 0.15) is 0 Å². The van der Waals surface area contributed by atoms with Gasteiger partial charge in [-0.2, -0.15) is 0 Å². The first kappa shape index (κ1) is 8.57. The second kappa shape index (κ2) is 3.38. The smallest absolute Gasteiger partial charge is 0.0342 e. The van der Waals surface area contributed by atoms with Crippen molar-refractivity contribution in [2.75, 3.05) is 5.32 Å². The zero-order valence-corrected chi connectivity index (χ0v) is 7.96. The molecule has 0 saturated heterocycles. The Labute approximate surface area is 79.1 Å². The van der Waals surface area contributed by atoms with Gasteiger partial charge in [0.2, 0.25) is 0 Å². The minimum absolute atomic E-state index is 0.419. The van der Waals surface area contributed by atoms with Gasteiger partial charge in [-0.25, -0.2) is 0 Å². The molecule has 0 aliphatic heterocycles. The molecule has 0 radical (unpaired) electrons. The topological polar surface area (TPSA) is 38.0 Å². The van der Waals surface area contributed by atoms with Crippen LogP contribution in [0.25, 0.3) is 0 Å². The number of hydrogen-bond donors (Lipinski definition) is 2. The van der Waals surface area contributed by atoms with Crippen LogP contribution in [0.2, 0.25) is 0 Å². The van der Waals surface area contributed by atoms with E-state index in [0.717, 1.165) is 12.8 Å². The lowest BCUT2D eigenvalue weighted by Gasteiger charge is -2.33. The molecule has 0 bridgehead atoms. The fraction of sp³-hybridized carbons (Fsp3) is 0.455. The van der Waals surface area contributed by atoms with Crippen LogP contribution in [-0.2, 0) is 0 Å². The molecule has 1 aromatic rings. The average molecular weight is 176 g/mol. The van der Waals surface area contributed by atoms with Gasteiger partial charge in [0, 0.05) is 17.8 Å². The van der Waals surface area contributed by atoms with E-state index in [-0.39, 0.29) is 0 Å². The number of nitrogens with one attached hydrogen (secondary N) is 1. The van der Waals surface area contributed by atoms with Crippen molar-refractivity contribution in [3.8, 4) is 0 Å². The molecule has 0 aromatic heterocycles. The van der Waals surface area contributed by atoms with E-state index in [1.54, 1.807) is 0 Å². The highest BCUT2D eigenvalue weighted by atomic mass is 15.0. The molecule has 70 valence electrons. The molecule has 0 heterocycles. The van der Waals surface area contributed by atoms with E-state index in [4.69, 9.17) is 5.73 Å². The van der Waals surface area contributed by atoms with Crippen molar-refractivity contribution >= 4 is 5.69 Å². The third-order valence-corrected chi connectivity index (χ3v) is 2.60. The van der Waals surface area contributed by atoms with Gasteiger partial charge < -0.3 is 11.1 Å². The summed E-state index contributed by atoms with van der Waals surface area (Å²) in [5.41, 5.74) is 8.22. The number of rotatable bonds is 2. The second-order valence-corrected chi connectivity index (χ2v) is 3.94. The Morgan fingerprint density at radius 1 is 1.23 bits per heavy atom. The summed E-state index contributed by atoms with van der Waals surface area (Å²) in [7, 11) is 0. The standard InChI is InChI=1S/C11H16N2/c1-8-2-4-10(5-3-8)13-11-6-9(12)7-11/h2-5,9,11,13H,6-7,12H2,1H3. The number of aryl methyl sites for hydroxylation is 1. The van der Waals surface area contributed by atoms with Crippen LogP contribution in [0.5, 0.6) is 0 Å². The first-order valence-corrected chi connectivity index (χ1v) is 4.83. The van der Waals surface area contributed by atoms with Gasteiger partial charge in [-0.15, -0.1) is 0 Å². The lowest BCUT2D eigenvalue weighted by atomic mass is 9.87. The van der Waals surface area contributed by atoms with Crippen LogP contribution in [0.4, 0.5) is 5.69 Å². The van der Waals surface area contributed by atoms with E-state index in [1.165, 1.54) is 11.3 Å². The molecule has 1 saturated carbocycles. The van der Waals surface area contributed by atoms with E-state index < -0.39 is 0 Å². The molecule has 1 aliphatic carbocycles. The Hall–Kier alpha value is -1.02. The van der Waals surface area contributed by atoms with Gasteiger partial charge in [0.05, 0.1) is 0 Å². The summed E-state index contributed by atoms with van der Waals surface area (Å²) >= 11 is 0. The summed E-state index contributed by atoms with van der Waals surface area (Å²) in [6.07, 6.45) is 2.21.